The van der Waals surface area contributed by atoms with Crippen molar-refractivity contribution >= 4 is 5.91 Å². The van der Waals surface area contributed by atoms with Crippen LogP contribution < -0.4 is 5.73 Å². The fourth-order valence-corrected chi connectivity index (χ4v) is 3.14. The Hall–Kier alpha value is -1.35. The van der Waals surface area contributed by atoms with Gasteiger partial charge in [-0.25, -0.2) is 0 Å². The minimum absolute atomic E-state index is 0.212. The maximum Gasteiger partial charge on any atom is 0.224 e. The molecular formula is C16H24N2O. The molecule has 0 saturated carbocycles. The molecule has 1 fully saturated rings. The van der Waals surface area contributed by atoms with Crippen LogP contribution in [-0.2, 0) is 4.79 Å². The van der Waals surface area contributed by atoms with E-state index in [1.807, 2.05) is 4.90 Å². The summed E-state index contributed by atoms with van der Waals surface area (Å²) in [4.78, 5) is 14.1. The average molecular weight is 260 g/mol. The number of carbonyl (C=O) groups excluding carboxylic acids is 1. The van der Waals surface area contributed by atoms with E-state index >= 15 is 0 Å². The molecule has 0 bridgehead atoms. The van der Waals surface area contributed by atoms with Crippen molar-refractivity contribution < 1.29 is 4.79 Å². The fraction of sp³-hybridized carbons (Fsp3) is 0.562. The number of nitrogens with zero attached hydrogens (tertiary/aromatic N) is 1. The maximum absolute atomic E-state index is 12.1. The number of aryl methyl sites for hydroxylation is 1. The van der Waals surface area contributed by atoms with Gasteiger partial charge in [-0.05, 0) is 25.3 Å². The smallest absolute Gasteiger partial charge is 0.224 e. The first-order valence-corrected chi connectivity index (χ1v) is 7.23. The molecule has 0 spiro atoms. The van der Waals surface area contributed by atoms with E-state index in [4.69, 9.17) is 5.73 Å². The lowest BCUT2D eigenvalue weighted by Crippen LogP contribution is -2.37. The maximum atomic E-state index is 12.1. The summed E-state index contributed by atoms with van der Waals surface area (Å²) < 4.78 is 0. The first kappa shape index (κ1) is 14.1. The molecule has 19 heavy (non-hydrogen) atoms. The van der Waals surface area contributed by atoms with Crippen molar-refractivity contribution in [1.29, 1.82) is 0 Å². The van der Waals surface area contributed by atoms with Crippen LogP contribution in [0.5, 0.6) is 0 Å². The summed E-state index contributed by atoms with van der Waals surface area (Å²) >= 11 is 0. The lowest BCUT2D eigenvalue weighted by molar-refractivity contribution is -0.131. The summed E-state index contributed by atoms with van der Waals surface area (Å²) in [6.07, 6.45) is 2.55. The molecule has 2 atom stereocenters. The van der Waals surface area contributed by atoms with Gasteiger partial charge >= 0.3 is 0 Å². The molecule has 1 amide bonds. The van der Waals surface area contributed by atoms with Gasteiger partial charge in [0.05, 0.1) is 0 Å². The number of benzene rings is 1. The van der Waals surface area contributed by atoms with Crippen molar-refractivity contribution in [3.8, 4) is 0 Å². The van der Waals surface area contributed by atoms with E-state index in [-0.39, 0.29) is 5.91 Å². The molecule has 1 aliphatic rings. The predicted octanol–water partition coefficient (Wildman–Crippen LogP) is 2.44. The van der Waals surface area contributed by atoms with Crippen LogP contribution in [0.4, 0.5) is 0 Å². The van der Waals surface area contributed by atoms with Gasteiger partial charge in [0.2, 0.25) is 5.91 Å². The SMILES string of the molecule is CC[C@H]1[C@H](c2ccc(C)cc2)CCN1C(=O)CCN. The van der Waals surface area contributed by atoms with Gasteiger partial charge in [-0.2, -0.15) is 0 Å². The van der Waals surface area contributed by atoms with E-state index in [1.54, 1.807) is 0 Å². The quantitative estimate of drug-likeness (QED) is 0.904. The molecule has 0 unspecified atom stereocenters. The Labute approximate surface area is 115 Å². The third-order valence-electron chi connectivity index (χ3n) is 4.15. The Balaban J connectivity index is 2.15. The van der Waals surface area contributed by atoms with Crippen LogP contribution in [-0.4, -0.2) is 29.9 Å². The Morgan fingerprint density at radius 1 is 1.37 bits per heavy atom. The number of hydrogen-bond donors (Lipinski definition) is 1. The third-order valence-corrected chi connectivity index (χ3v) is 4.15. The number of rotatable bonds is 4. The summed E-state index contributed by atoms with van der Waals surface area (Å²) in [7, 11) is 0. The molecule has 0 radical (unpaired) electrons. The molecule has 0 aromatic heterocycles. The van der Waals surface area contributed by atoms with E-state index in [0.717, 1.165) is 19.4 Å². The zero-order valence-electron chi connectivity index (χ0n) is 11.9. The monoisotopic (exact) mass is 260 g/mol. The Bertz CT molecular complexity index is 427. The second-order valence-electron chi connectivity index (χ2n) is 5.41. The van der Waals surface area contributed by atoms with Gasteiger partial charge in [0, 0.05) is 31.5 Å². The minimum Gasteiger partial charge on any atom is -0.339 e. The first-order valence-electron chi connectivity index (χ1n) is 7.23. The molecule has 1 aliphatic heterocycles. The van der Waals surface area contributed by atoms with E-state index in [9.17, 15) is 4.79 Å². The van der Waals surface area contributed by atoms with Gasteiger partial charge in [-0.15, -0.1) is 0 Å². The Morgan fingerprint density at radius 3 is 2.63 bits per heavy atom. The highest BCUT2D eigenvalue weighted by atomic mass is 16.2. The first-order chi connectivity index (χ1) is 9.17. The largest absolute Gasteiger partial charge is 0.339 e. The zero-order chi connectivity index (χ0) is 13.8. The minimum atomic E-state index is 0.212. The summed E-state index contributed by atoms with van der Waals surface area (Å²) in [6, 6.07) is 9.07. The molecule has 1 aromatic carbocycles. The summed E-state index contributed by atoms with van der Waals surface area (Å²) in [5, 5.41) is 0. The molecule has 3 nitrogen and oxygen atoms in total. The Kier molecular flexibility index (Phi) is 4.59. The molecule has 1 saturated heterocycles. The van der Waals surface area contributed by atoms with Crippen molar-refractivity contribution in [2.24, 2.45) is 5.73 Å². The second kappa shape index (κ2) is 6.20. The number of nitrogens with two attached hydrogens (primary N) is 1. The van der Waals surface area contributed by atoms with Gasteiger partial charge in [0.25, 0.3) is 0 Å². The third kappa shape index (κ3) is 2.98. The van der Waals surface area contributed by atoms with Crippen molar-refractivity contribution in [2.75, 3.05) is 13.1 Å². The van der Waals surface area contributed by atoms with E-state index < -0.39 is 0 Å². The number of likely N-dealkylation sites (tertiary alicyclic amines) is 1. The number of hydrogen-bond acceptors (Lipinski definition) is 2. The van der Waals surface area contributed by atoms with Gasteiger partial charge in [-0.1, -0.05) is 36.8 Å². The fourth-order valence-electron chi connectivity index (χ4n) is 3.14. The van der Waals surface area contributed by atoms with Crippen LogP contribution in [0.2, 0.25) is 0 Å². The zero-order valence-corrected chi connectivity index (χ0v) is 11.9. The van der Waals surface area contributed by atoms with Crippen LogP contribution in [0.15, 0.2) is 24.3 Å². The van der Waals surface area contributed by atoms with Gasteiger partial charge in [0.1, 0.15) is 0 Å². The van der Waals surface area contributed by atoms with Crippen LogP contribution in [0.1, 0.15) is 43.2 Å². The predicted molar refractivity (Wildman–Crippen MR) is 78.0 cm³/mol. The van der Waals surface area contributed by atoms with Crippen molar-refractivity contribution in [3.05, 3.63) is 35.4 Å². The highest BCUT2D eigenvalue weighted by Crippen LogP contribution is 2.35. The Morgan fingerprint density at radius 2 is 2.05 bits per heavy atom. The highest BCUT2D eigenvalue weighted by molar-refractivity contribution is 5.77. The normalized spacial score (nSPS) is 22.8. The molecule has 2 N–H and O–H groups in total. The lowest BCUT2D eigenvalue weighted by atomic mass is 9.90. The van der Waals surface area contributed by atoms with Gasteiger partial charge in [-0.3, -0.25) is 4.79 Å². The summed E-state index contributed by atoms with van der Waals surface area (Å²) in [5.41, 5.74) is 8.14. The molecule has 1 heterocycles. The van der Waals surface area contributed by atoms with Crippen LogP contribution in [0, 0.1) is 6.92 Å². The highest BCUT2D eigenvalue weighted by Gasteiger charge is 2.35. The van der Waals surface area contributed by atoms with Crippen molar-refractivity contribution in [1.82, 2.24) is 4.90 Å². The van der Waals surface area contributed by atoms with E-state index in [0.29, 0.717) is 24.9 Å². The summed E-state index contributed by atoms with van der Waals surface area (Å²) in [5.74, 6) is 0.691. The molecule has 1 aromatic rings. The summed E-state index contributed by atoms with van der Waals surface area (Å²) in [6.45, 7) is 5.59. The molecular weight excluding hydrogens is 236 g/mol. The lowest BCUT2D eigenvalue weighted by Gasteiger charge is -2.27. The van der Waals surface area contributed by atoms with Crippen LogP contribution >= 0.6 is 0 Å². The molecule has 104 valence electrons. The molecule has 2 rings (SSSR count). The van der Waals surface area contributed by atoms with Crippen molar-refractivity contribution in [3.63, 3.8) is 0 Å². The van der Waals surface area contributed by atoms with Crippen molar-refractivity contribution in [2.45, 2.75) is 45.1 Å². The van der Waals surface area contributed by atoms with E-state index in [2.05, 4.69) is 38.1 Å². The number of amides is 1. The number of carbonyl (C=O) groups is 1. The molecule has 3 heteroatoms. The average Bonchev–Trinajstić information content (AvgIpc) is 2.83. The van der Waals surface area contributed by atoms with Crippen LogP contribution in [0.25, 0.3) is 0 Å². The second-order valence-corrected chi connectivity index (χ2v) is 5.41. The molecule has 0 aliphatic carbocycles. The van der Waals surface area contributed by atoms with Gasteiger partial charge < -0.3 is 10.6 Å². The topological polar surface area (TPSA) is 46.3 Å². The van der Waals surface area contributed by atoms with Gasteiger partial charge in [0.15, 0.2) is 0 Å². The van der Waals surface area contributed by atoms with Crippen LogP contribution in [0.3, 0.4) is 0 Å². The van der Waals surface area contributed by atoms with E-state index in [1.165, 1.54) is 11.1 Å². The standard InChI is InChI=1S/C16H24N2O/c1-3-15-14(13-6-4-12(2)5-7-13)9-11-18(15)16(19)8-10-17/h4-7,14-15H,3,8-11,17H2,1-2H3/t14-,15-/m0/s1.